The summed E-state index contributed by atoms with van der Waals surface area (Å²) >= 11 is 0. The second kappa shape index (κ2) is 7.66. The number of aryl methyl sites for hydroxylation is 1. The lowest BCUT2D eigenvalue weighted by Gasteiger charge is -2.23. The first-order chi connectivity index (χ1) is 10.8. The Hall–Kier alpha value is -1.78. The van der Waals surface area contributed by atoms with Crippen LogP contribution in [0.4, 0.5) is 10.6 Å². The molecule has 1 saturated heterocycles. The predicted octanol–water partition coefficient (Wildman–Crippen LogP) is 3.80. The van der Waals surface area contributed by atoms with Crippen LogP contribution >= 0.6 is 0 Å². The maximum absolute atomic E-state index is 11.7. The van der Waals surface area contributed by atoms with Gasteiger partial charge in [0.25, 0.3) is 0 Å². The Bertz CT molecular complexity index is 530. The molecule has 1 aliphatic rings. The number of pyridine rings is 1. The van der Waals surface area contributed by atoms with Crippen molar-refractivity contribution in [2.75, 3.05) is 18.0 Å². The van der Waals surface area contributed by atoms with Crippen molar-refractivity contribution in [2.45, 2.75) is 65.5 Å². The van der Waals surface area contributed by atoms with Crippen molar-refractivity contribution >= 4 is 11.9 Å². The first-order valence-corrected chi connectivity index (χ1v) is 8.52. The van der Waals surface area contributed by atoms with Gasteiger partial charge in [-0.25, -0.2) is 9.78 Å². The van der Waals surface area contributed by atoms with Gasteiger partial charge in [0.2, 0.25) is 0 Å². The number of rotatable bonds is 3. The fraction of sp³-hybridized carbons (Fsp3) is 0.667. The summed E-state index contributed by atoms with van der Waals surface area (Å²) in [5.74, 6) is 1.08. The molecule has 1 N–H and O–H groups in total. The average molecular weight is 319 g/mol. The molecule has 23 heavy (non-hydrogen) atoms. The highest BCUT2D eigenvalue weighted by atomic mass is 16.6. The van der Waals surface area contributed by atoms with Crippen LogP contribution in [-0.4, -0.2) is 29.8 Å². The number of hydrogen-bond acceptors (Lipinski definition) is 4. The minimum atomic E-state index is -0.477. The highest BCUT2D eigenvalue weighted by Crippen LogP contribution is 2.21. The van der Waals surface area contributed by atoms with Crippen LogP contribution in [-0.2, 0) is 11.3 Å². The van der Waals surface area contributed by atoms with Gasteiger partial charge in [0.05, 0.1) is 0 Å². The number of carbonyl (C=O) groups excluding carboxylic acids is 1. The van der Waals surface area contributed by atoms with Crippen LogP contribution in [0.2, 0.25) is 0 Å². The van der Waals surface area contributed by atoms with E-state index in [4.69, 9.17) is 4.74 Å². The minimum absolute atomic E-state index is 0.397. The van der Waals surface area contributed by atoms with Crippen molar-refractivity contribution in [3.05, 3.63) is 23.4 Å². The van der Waals surface area contributed by atoms with Gasteiger partial charge in [0, 0.05) is 25.8 Å². The molecule has 5 heteroatoms. The van der Waals surface area contributed by atoms with Gasteiger partial charge in [-0.3, -0.25) is 0 Å². The van der Waals surface area contributed by atoms with E-state index in [2.05, 4.69) is 28.2 Å². The lowest BCUT2D eigenvalue weighted by atomic mass is 10.2. The van der Waals surface area contributed by atoms with Crippen molar-refractivity contribution < 1.29 is 9.53 Å². The van der Waals surface area contributed by atoms with E-state index >= 15 is 0 Å². The molecule has 1 fully saturated rings. The van der Waals surface area contributed by atoms with Crippen molar-refractivity contribution in [3.8, 4) is 0 Å². The molecule has 5 nitrogen and oxygen atoms in total. The Morgan fingerprint density at radius 2 is 1.91 bits per heavy atom. The first kappa shape index (κ1) is 17.6. The fourth-order valence-electron chi connectivity index (χ4n) is 2.82. The van der Waals surface area contributed by atoms with E-state index in [-0.39, 0.29) is 0 Å². The summed E-state index contributed by atoms with van der Waals surface area (Å²) in [6.45, 7) is 10.3. The molecule has 0 unspecified atom stereocenters. The first-order valence-electron chi connectivity index (χ1n) is 8.52. The fourth-order valence-corrected chi connectivity index (χ4v) is 2.82. The summed E-state index contributed by atoms with van der Waals surface area (Å²) in [5, 5.41) is 2.78. The Kier molecular flexibility index (Phi) is 5.85. The third kappa shape index (κ3) is 5.73. The lowest BCUT2D eigenvalue weighted by Crippen LogP contribution is -2.32. The molecule has 1 aromatic heterocycles. The summed E-state index contributed by atoms with van der Waals surface area (Å²) in [7, 11) is 0. The smallest absolute Gasteiger partial charge is 0.407 e. The number of nitrogens with zero attached hydrogens (tertiary/aromatic N) is 2. The van der Waals surface area contributed by atoms with Crippen LogP contribution in [0.3, 0.4) is 0 Å². The monoisotopic (exact) mass is 319 g/mol. The van der Waals surface area contributed by atoms with E-state index in [1.807, 2.05) is 27.0 Å². The normalized spacial score (nSPS) is 15.9. The van der Waals surface area contributed by atoms with Crippen LogP contribution < -0.4 is 10.2 Å². The predicted molar refractivity (Wildman–Crippen MR) is 92.7 cm³/mol. The summed E-state index contributed by atoms with van der Waals surface area (Å²) in [6, 6.07) is 2.10. The Balaban J connectivity index is 1.95. The van der Waals surface area contributed by atoms with Crippen molar-refractivity contribution in [1.82, 2.24) is 10.3 Å². The van der Waals surface area contributed by atoms with Gasteiger partial charge in [0.15, 0.2) is 0 Å². The number of alkyl carbamates (subject to hydrolysis) is 1. The maximum atomic E-state index is 11.7. The molecule has 0 aliphatic carbocycles. The van der Waals surface area contributed by atoms with Gasteiger partial charge in [-0.05, 0) is 57.7 Å². The lowest BCUT2D eigenvalue weighted by molar-refractivity contribution is 0.0523. The summed E-state index contributed by atoms with van der Waals surface area (Å²) in [5.41, 5.74) is 1.68. The largest absolute Gasteiger partial charge is 0.444 e. The van der Waals surface area contributed by atoms with Crippen LogP contribution in [0.25, 0.3) is 0 Å². The number of anilines is 1. The average Bonchev–Trinajstić information content (AvgIpc) is 2.72. The maximum Gasteiger partial charge on any atom is 0.407 e. The third-order valence-corrected chi connectivity index (χ3v) is 3.85. The van der Waals surface area contributed by atoms with Gasteiger partial charge in [-0.1, -0.05) is 12.8 Å². The molecule has 2 heterocycles. The number of aromatic nitrogens is 1. The molecule has 128 valence electrons. The zero-order chi connectivity index (χ0) is 16.9. The van der Waals surface area contributed by atoms with E-state index in [9.17, 15) is 4.79 Å². The van der Waals surface area contributed by atoms with Crippen LogP contribution in [0.15, 0.2) is 12.3 Å². The quantitative estimate of drug-likeness (QED) is 0.921. The Morgan fingerprint density at radius 1 is 1.26 bits per heavy atom. The van der Waals surface area contributed by atoms with Crippen molar-refractivity contribution in [2.24, 2.45) is 0 Å². The summed E-state index contributed by atoms with van der Waals surface area (Å²) in [6.07, 6.45) is 6.56. The molecule has 1 amide bonds. The molecule has 0 spiro atoms. The van der Waals surface area contributed by atoms with E-state index < -0.39 is 11.7 Å². The van der Waals surface area contributed by atoms with Crippen LogP contribution in [0, 0.1) is 6.92 Å². The molecule has 1 aliphatic heterocycles. The second-order valence-electron chi connectivity index (χ2n) is 7.24. The third-order valence-electron chi connectivity index (χ3n) is 3.85. The number of amides is 1. The Labute approximate surface area is 139 Å². The van der Waals surface area contributed by atoms with Gasteiger partial charge in [-0.2, -0.15) is 0 Å². The highest BCUT2D eigenvalue weighted by Gasteiger charge is 2.16. The van der Waals surface area contributed by atoms with Gasteiger partial charge in [-0.15, -0.1) is 0 Å². The topological polar surface area (TPSA) is 54.5 Å². The van der Waals surface area contributed by atoms with E-state index in [1.165, 1.54) is 25.7 Å². The van der Waals surface area contributed by atoms with Crippen LogP contribution in [0.5, 0.6) is 0 Å². The number of hydrogen-bond donors (Lipinski definition) is 1. The molecule has 0 radical (unpaired) electrons. The SMILES string of the molecule is Cc1cc(CNC(=O)OC(C)(C)C)cnc1N1CCCCCC1. The Morgan fingerprint density at radius 3 is 2.48 bits per heavy atom. The molecular formula is C18H29N3O2. The zero-order valence-electron chi connectivity index (χ0n) is 14.8. The molecule has 0 atom stereocenters. The summed E-state index contributed by atoms with van der Waals surface area (Å²) < 4.78 is 5.24. The highest BCUT2D eigenvalue weighted by molar-refractivity contribution is 5.67. The molecule has 1 aromatic rings. The number of ether oxygens (including phenoxy) is 1. The molecule has 0 bridgehead atoms. The number of nitrogens with one attached hydrogen (secondary N) is 1. The van der Waals surface area contributed by atoms with E-state index in [0.717, 1.165) is 30.0 Å². The van der Waals surface area contributed by atoms with Gasteiger partial charge in [0.1, 0.15) is 11.4 Å². The van der Waals surface area contributed by atoms with Crippen molar-refractivity contribution in [3.63, 3.8) is 0 Å². The minimum Gasteiger partial charge on any atom is -0.444 e. The van der Waals surface area contributed by atoms with Gasteiger partial charge < -0.3 is 15.0 Å². The number of carbonyl (C=O) groups is 1. The molecule has 0 aromatic carbocycles. The molecule has 2 rings (SSSR count). The summed E-state index contributed by atoms with van der Waals surface area (Å²) in [4.78, 5) is 18.7. The standard InChI is InChI=1S/C18H29N3O2/c1-14-11-15(13-20-17(22)23-18(2,3)4)12-19-16(14)21-9-7-5-6-8-10-21/h11-12H,5-10,13H2,1-4H3,(H,20,22). The van der Waals surface area contributed by atoms with Crippen LogP contribution in [0.1, 0.15) is 57.6 Å². The zero-order valence-corrected chi connectivity index (χ0v) is 14.8. The molecular weight excluding hydrogens is 290 g/mol. The van der Waals surface area contributed by atoms with Gasteiger partial charge >= 0.3 is 6.09 Å². The molecule has 0 saturated carbocycles. The second-order valence-corrected chi connectivity index (χ2v) is 7.24. The van der Waals surface area contributed by atoms with E-state index in [0.29, 0.717) is 6.54 Å². The van der Waals surface area contributed by atoms with Crippen molar-refractivity contribution in [1.29, 1.82) is 0 Å². The van der Waals surface area contributed by atoms with E-state index in [1.54, 1.807) is 0 Å².